The Bertz CT molecular complexity index is 847. The van der Waals surface area contributed by atoms with Crippen molar-refractivity contribution in [2.24, 2.45) is 5.92 Å². The first-order valence-electron chi connectivity index (χ1n) is 9.00. The number of carboxylic acid groups (broad SMARTS) is 2. The van der Waals surface area contributed by atoms with E-state index < -0.39 is 25.2 Å². The Morgan fingerprint density at radius 3 is 2.37 bits per heavy atom. The monoisotopic (exact) mass is 392 g/mol. The van der Waals surface area contributed by atoms with Gasteiger partial charge in [0.2, 0.25) is 7.37 Å². The van der Waals surface area contributed by atoms with Gasteiger partial charge in [0.1, 0.15) is 0 Å². The summed E-state index contributed by atoms with van der Waals surface area (Å²) >= 11 is 0. The van der Waals surface area contributed by atoms with Gasteiger partial charge in [0, 0.05) is 18.7 Å². The van der Waals surface area contributed by atoms with Crippen LogP contribution in [0.15, 0.2) is 42.5 Å². The standard InChI is InChI=1S/C20H25O6P/c21-19(22)11-10-18(20(23)24)14-27(25,26)12-4-3-5-15-8-9-16-6-1-2-7-17(16)13-15/h1-2,6-9,13,18H,3-5,10-12,14H2,(H,21,22)(H,23,24)(H,25,26). The minimum absolute atomic E-state index is 0.0530. The van der Waals surface area contributed by atoms with Crippen LogP contribution >= 0.6 is 7.37 Å². The Morgan fingerprint density at radius 2 is 1.70 bits per heavy atom. The molecule has 0 amide bonds. The van der Waals surface area contributed by atoms with Crippen molar-refractivity contribution in [3.8, 4) is 0 Å². The number of aryl methyl sites for hydroxylation is 1. The van der Waals surface area contributed by atoms with Gasteiger partial charge < -0.3 is 15.1 Å². The highest BCUT2D eigenvalue weighted by Crippen LogP contribution is 2.44. The van der Waals surface area contributed by atoms with Gasteiger partial charge in [-0.2, -0.15) is 0 Å². The van der Waals surface area contributed by atoms with Crippen LogP contribution in [-0.4, -0.2) is 39.4 Å². The van der Waals surface area contributed by atoms with Crippen molar-refractivity contribution in [2.75, 3.05) is 12.3 Å². The molecule has 2 aromatic carbocycles. The molecular formula is C20H25O6P. The largest absolute Gasteiger partial charge is 0.481 e. The number of carbonyl (C=O) groups is 2. The molecule has 146 valence electrons. The van der Waals surface area contributed by atoms with Crippen molar-refractivity contribution < 1.29 is 29.3 Å². The molecule has 0 aliphatic heterocycles. The fourth-order valence-corrected chi connectivity index (χ4v) is 5.04. The maximum atomic E-state index is 12.3. The zero-order valence-electron chi connectivity index (χ0n) is 15.1. The molecule has 2 atom stereocenters. The molecule has 6 nitrogen and oxygen atoms in total. The van der Waals surface area contributed by atoms with Gasteiger partial charge in [-0.15, -0.1) is 0 Å². The van der Waals surface area contributed by atoms with E-state index in [1.807, 2.05) is 30.3 Å². The molecule has 0 aromatic heterocycles. The van der Waals surface area contributed by atoms with Crippen LogP contribution in [0.5, 0.6) is 0 Å². The van der Waals surface area contributed by atoms with Gasteiger partial charge >= 0.3 is 11.9 Å². The van der Waals surface area contributed by atoms with Crippen LogP contribution in [0.1, 0.15) is 31.2 Å². The molecular weight excluding hydrogens is 367 g/mol. The van der Waals surface area contributed by atoms with Crippen molar-refractivity contribution >= 4 is 30.1 Å². The Kier molecular flexibility index (Phi) is 7.57. The number of hydrogen-bond donors (Lipinski definition) is 3. The molecule has 0 aliphatic carbocycles. The van der Waals surface area contributed by atoms with Crippen molar-refractivity contribution in [3.05, 3.63) is 48.0 Å². The molecule has 0 saturated carbocycles. The van der Waals surface area contributed by atoms with E-state index in [0.717, 1.165) is 23.8 Å². The second-order valence-electron chi connectivity index (χ2n) is 6.86. The third kappa shape index (κ3) is 7.16. The van der Waals surface area contributed by atoms with Gasteiger partial charge in [0.15, 0.2) is 0 Å². The van der Waals surface area contributed by atoms with Crippen molar-refractivity contribution in [1.82, 2.24) is 0 Å². The number of benzene rings is 2. The Labute approximate surface area is 158 Å². The van der Waals surface area contributed by atoms with Gasteiger partial charge in [-0.3, -0.25) is 14.2 Å². The molecule has 0 radical (unpaired) electrons. The maximum Gasteiger partial charge on any atom is 0.307 e. The zero-order chi connectivity index (χ0) is 19.9. The second kappa shape index (κ2) is 9.67. The minimum atomic E-state index is -3.60. The average molecular weight is 392 g/mol. The van der Waals surface area contributed by atoms with E-state index in [2.05, 4.69) is 12.1 Å². The predicted molar refractivity (Wildman–Crippen MR) is 104 cm³/mol. The Hall–Kier alpha value is -2.17. The molecule has 7 heteroatoms. The van der Waals surface area contributed by atoms with Crippen molar-refractivity contribution in [3.63, 3.8) is 0 Å². The quantitative estimate of drug-likeness (QED) is 0.394. The number of carboxylic acids is 2. The van der Waals surface area contributed by atoms with Gasteiger partial charge in [-0.05, 0) is 42.0 Å². The van der Waals surface area contributed by atoms with Crippen LogP contribution in [0, 0.1) is 5.92 Å². The summed E-state index contributed by atoms with van der Waals surface area (Å²) in [7, 11) is -3.60. The first-order valence-corrected chi connectivity index (χ1v) is 11.0. The molecule has 3 N–H and O–H groups in total. The van der Waals surface area contributed by atoms with Crippen molar-refractivity contribution in [1.29, 1.82) is 0 Å². The molecule has 2 rings (SSSR count). The lowest BCUT2D eigenvalue weighted by atomic mass is 10.0. The van der Waals surface area contributed by atoms with Gasteiger partial charge in [-0.25, -0.2) is 0 Å². The van der Waals surface area contributed by atoms with E-state index in [1.54, 1.807) is 0 Å². The molecule has 0 aliphatic rings. The molecule has 0 fully saturated rings. The van der Waals surface area contributed by atoms with Gasteiger partial charge in [0.25, 0.3) is 0 Å². The van der Waals surface area contributed by atoms with Crippen LogP contribution in [0.4, 0.5) is 0 Å². The average Bonchev–Trinajstić information content (AvgIpc) is 2.62. The fourth-order valence-electron chi connectivity index (χ4n) is 3.11. The van der Waals surface area contributed by atoms with E-state index in [-0.39, 0.29) is 25.2 Å². The Morgan fingerprint density at radius 1 is 1.00 bits per heavy atom. The highest BCUT2D eigenvalue weighted by atomic mass is 31.2. The van der Waals surface area contributed by atoms with Crippen LogP contribution in [0.3, 0.4) is 0 Å². The summed E-state index contributed by atoms with van der Waals surface area (Å²) in [5.41, 5.74) is 1.16. The molecule has 0 spiro atoms. The highest BCUT2D eigenvalue weighted by Gasteiger charge is 2.28. The summed E-state index contributed by atoms with van der Waals surface area (Å²) in [5.74, 6) is -3.43. The molecule has 0 heterocycles. The van der Waals surface area contributed by atoms with E-state index in [1.165, 1.54) is 5.39 Å². The summed E-state index contributed by atoms with van der Waals surface area (Å²) in [6.07, 6.45) is 1.27. The van der Waals surface area contributed by atoms with E-state index in [0.29, 0.717) is 6.42 Å². The highest BCUT2D eigenvalue weighted by molar-refractivity contribution is 7.58. The van der Waals surface area contributed by atoms with Gasteiger partial charge in [-0.1, -0.05) is 42.5 Å². The number of fused-ring (bicyclic) bond motifs is 1. The molecule has 2 aromatic rings. The third-order valence-electron chi connectivity index (χ3n) is 4.60. The molecule has 0 saturated heterocycles. The Balaban J connectivity index is 1.82. The molecule has 27 heavy (non-hydrogen) atoms. The molecule has 2 unspecified atom stereocenters. The number of unbranched alkanes of at least 4 members (excludes halogenated alkanes) is 1. The lowest BCUT2D eigenvalue weighted by Gasteiger charge is -2.16. The fraction of sp³-hybridized carbons (Fsp3) is 0.400. The number of rotatable bonds is 11. The minimum Gasteiger partial charge on any atom is -0.481 e. The summed E-state index contributed by atoms with van der Waals surface area (Å²) < 4.78 is 12.3. The predicted octanol–water partition coefficient (Wildman–Crippen LogP) is 4.00. The van der Waals surface area contributed by atoms with E-state index in [4.69, 9.17) is 10.2 Å². The van der Waals surface area contributed by atoms with Crippen LogP contribution in [-0.2, 0) is 20.6 Å². The zero-order valence-corrected chi connectivity index (χ0v) is 16.0. The first-order chi connectivity index (χ1) is 12.8. The van der Waals surface area contributed by atoms with Crippen LogP contribution in [0.2, 0.25) is 0 Å². The smallest absolute Gasteiger partial charge is 0.307 e. The second-order valence-corrected chi connectivity index (χ2v) is 9.36. The van der Waals surface area contributed by atoms with E-state index >= 15 is 0 Å². The summed E-state index contributed by atoms with van der Waals surface area (Å²) in [5, 5.41) is 20.1. The SMILES string of the molecule is O=C(O)CCC(CP(=O)(O)CCCCc1ccc2ccccc2c1)C(=O)O. The maximum absolute atomic E-state index is 12.3. The summed E-state index contributed by atoms with van der Waals surface area (Å²) in [4.78, 5) is 31.9. The number of aliphatic carboxylic acids is 2. The van der Waals surface area contributed by atoms with Crippen LogP contribution < -0.4 is 0 Å². The lowest BCUT2D eigenvalue weighted by Crippen LogP contribution is -2.20. The normalized spacial score (nSPS) is 14.6. The first kappa shape index (κ1) is 21.1. The number of hydrogen-bond acceptors (Lipinski definition) is 3. The lowest BCUT2D eigenvalue weighted by molar-refractivity contribution is -0.142. The summed E-state index contributed by atoms with van der Waals surface area (Å²) in [6, 6.07) is 14.3. The topological polar surface area (TPSA) is 112 Å². The van der Waals surface area contributed by atoms with Crippen LogP contribution in [0.25, 0.3) is 10.8 Å². The van der Waals surface area contributed by atoms with Crippen molar-refractivity contribution in [2.45, 2.75) is 32.1 Å². The molecule has 0 bridgehead atoms. The van der Waals surface area contributed by atoms with E-state index in [9.17, 15) is 19.0 Å². The third-order valence-corrected chi connectivity index (χ3v) is 6.62. The van der Waals surface area contributed by atoms with Gasteiger partial charge in [0.05, 0.1) is 5.92 Å². The summed E-state index contributed by atoms with van der Waals surface area (Å²) in [6.45, 7) is 0.